The number of rotatable bonds is 3. The Morgan fingerprint density at radius 3 is 2.73 bits per heavy atom. The second-order valence-electron chi connectivity index (χ2n) is 6.00. The van der Waals surface area contributed by atoms with Crippen LogP contribution in [-0.4, -0.2) is 12.6 Å². The smallest absolute Gasteiger partial charge is 0.211 e. The third-order valence-corrected chi connectivity index (χ3v) is 5.09. The molecule has 84 valence electrons. The average Bonchev–Trinajstić information content (AvgIpc) is 2.20. The van der Waals surface area contributed by atoms with Crippen molar-refractivity contribution in [1.29, 1.82) is 0 Å². The number of fused-ring (bicyclic) bond motifs is 2. The maximum atomic E-state index is 10.1. The molecule has 15 heavy (non-hydrogen) atoms. The van der Waals surface area contributed by atoms with Gasteiger partial charge in [0.05, 0.1) is 6.54 Å². The van der Waals surface area contributed by atoms with Gasteiger partial charge >= 0.3 is 0 Å². The largest absolute Gasteiger partial charge is 0.234 e. The molecule has 4 atom stereocenters. The van der Waals surface area contributed by atoms with E-state index in [2.05, 4.69) is 25.8 Å². The Morgan fingerprint density at radius 2 is 2.13 bits per heavy atom. The second kappa shape index (κ2) is 3.75. The topological polar surface area (TPSA) is 29.4 Å². The lowest BCUT2D eigenvalue weighted by Crippen LogP contribution is -2.55. The van der Waals surface area contributed by atoms with Crippen LogP contribution in [-0.2, 0) is 4.79 Å². The summed E-state index contributed by atoms with van der Waals surface area (Å²) in [5, 5.41) is 0. The Hall–Kier alpha value is -0.620. The summed E-state index contributed by atoms with van der Waals surface area (Å²) in [7, 11) is 0. The van der Waals surface area contributed by atoms with Gasteiger partial charge in [-0.15, -0.1) is 0 Å². The van der Waals surface area contributed by atoms with Gasteiger partial charge in [-0.05, 0) is 48.3 Å². The van der Waals surface area contributed by atoms with Gasteiger partial charge < -0.3 is 0 Å². The molecule has 3 saturated carbocycles. The van der Waals surface area contributed by atoms with Gasteiger partial charge in [-0.1, -0.05) is 20.8 Å². The Morgan fingerprint density at radius 1 is 1.40 bits per heavy atom. The van der Waals surface area contributed by atoms with E-state index in [9.17, 15) is 4.79 Å². The second-order valence-corrected chi connectivity index (χ2v) is 6.00. The van der Waals surface area contributed by atoms with Gasteiger partial charge in [0.15, 0.2) is 0 Å². The van der Waals surface area contributed by atoms with Crippen LogP contribution in [0.3, 0.4) is 0 Å². The molecule has 2 nitrogen and oxygen atoms in total. The highest BCUT2D eigenvalue weighted by molar-refractivity contribution is 5.32. The molecule has 0 heterocycles. The van der Waals surface area contributed by atoms with Crippen LogP contribution in [0.4, 0.5) is 0 Å². The predicted octanol–water partition coefficient (Wildman–Crippen LogP) is 3.03. The van der Waals surface area contributed by atoms with E-state index in [0.717, 1.165) is 30.1 Å². The molecule has 3 rings (SSSR count). The van der Waals surface area contributed by atoms with Crippen molar-refractivity contribution < 1.29 is 4.79 Å². The molecule has 0 aromatic carbocycles. The van der Waals surface area contributed by atoms with Crippen LogP contribution >= 0.6 is 0 Å². The van der Waals surface area contributed by atoms with Gasteiger partial charge in [-0.2, -0.15) is 0 Å². The molecule has 0 saturated heterocycles. The van der Waals surface area contributed by atoms with Gasteiger partial charge in [0.1, 0.15) is 0 Å². The zero-order valence-corrected chi connectivity index (χ0v) is 9.99. The molecule has 0 amide bonds. The molecule has 3 aliphatic rings. The molecule has 2 bridgehead atoms. The van der Waals surface area contributed by atoms with E-state index in [1.54, 1.807) is 6.08 Å². The van der Waals surface area contributed by atoms with E-state index in [-0.39, 0.29) is 0 Å². The molecule has 4 unspecified atom stereocenters. The lowest BCUT2D eigenvalue weighted by molar-refractivity contribution is -0.131. The van der Waals surface area contributed by atoms with Gasteiger partial charge in [0, 0.05) is 0 Å². The van der Waals surface area contributed by atoms with Crippen molar-refractivity contribution in [2.45, 2.75) is 40.0 Å². The van der Waals surface area contributed by atoms with E-state index < -0.39 is 0 Å². The molecular weight excluding hydrogens is 186 g/mol. The highest BCUT2D eigenvalue weighted by Gasteiger charge is 2.56. The lowest BCUT2D eigenvalue weighted by Gasteiger charge is -2.62. The third kappa shape index (κ3) is 1.65. The normalized spacial score (nSPS) is 41.5. The Balaban J connectivity index is 1.99. The molecule has 0 aliphatic heterocycles. The number of hydrogen-bond acceptors (Lipinski definition) is 2. The fourth-order valence-electron chi connectivity index (χ4n) is 3.95. The Labute approximate surface area is 92.2 Å². The average molecular weight is 207 g/mol. The first-order valence-electron chi connectivity index (χ1n) is 6.11. The zero-order chi connectivity index (χ0) is 11.1. The van der Waals surface area contributed by atoms with Crippen LogP contribution in [0.15, 0.2) is 4.99 Å². The molecule has 0 spiro atoms. The summed E-state index contributed by atoms with van der Waals surface area (Å²) in [6.07, 6.45) is 5.51. The summed E-state index contributed by atoms with van der Waals surface area (Å²) >= 11 is 0. The van der Waals surface area contributed by atoms with Crippen molar-refractivity contribution in [2.75, 3.05) is 6.54 Å². The van der Waals surface area contributed by atoms with E-state index in [4.69, 9.17) is 0 Å². The first-order chi connectivity index (χ1) is 7.07. The first kappa shape index (κ1) is 10.9. The van der Waals surface area contributed by atoms with Crippen molar-refractivity contribution >= 4 is 6.08 Å². The Bertz CT molecular complexity index is 291. The highest BCUT2D eigenvalue weighted by Crippen LogP contribution is 2.63. The van der Waals surface area contributed by atoms with E-state index in [1.807, 2.05) is 0 Å². The van der Waals surface area contributed by atoms with Crippen LogP contribution in [0, 0.1) is 29.1 Å². The third-order valence-electron chi connectivity index (χ3n) is 5.09. The molecule has 3 fully saturated rings. The molecule has 0 N–H and O–H groups in total. The van der Waals surface area contributed by atoms with Crippen molar-refractivity contribution in [3.63, 3.8) is 0 Å². The van der Waals surface area contributed by atoms with Crippen LogP contribution in [0.2, 0.25) is 0 Å². The van der Waals surface area contributed by atoms with E-state index in [1.165, 1.54) is 12.8 Å². The molecule has 0 aromatic rings. The van der Waals surface area contributed by atoms with Gasteiger partial charge in [-0.3, -0.25) is 0 Å². The maximum Gasteiger partial charge on any atom is 0.234 e. The summed E-state index contributed by atoms with van der Waals surface area (Å²) in [6, 6.07) is 0. The number of isocyanates is 1. The monoisotopic (exact) mass is 207 g/mol. The van der Waals surface area contributed by atoms with Crippen LogP contribution in [0.1, 0.15) is 40.0 Å². The minimum Gasteiger partial charge on any atom is -0.211 e. The summed E-state index contributed by atoms with van der Waals surface area (Å²) in [5.74, 6) is 3.42. The van der Waals surface area contributed by atoms with Gasteiger partial charge in [-0.25, -0.2) is 9.79 Å². The number of aliphatic imine (C=N–C) groups is 1. The van der Waals surface area contributed by atoms with Crippen molar-refractivity contribution in [3.8, 4) is 0 Å². The van der Waals surface area contributed by atoms with Gasteiger partial charge in [0.2, 0.25) is 6.08 Å². The van der Waals surface area contributed by atoms with Crippen molar-refractivity contribution in [3.05, 3.63) is 0 Å². The number of nitrogens with zero attached hydrogens (tertiary/aromatic N) is 1. The van der Waals surface area contributed by atoms with Crippen LogP contribution in [0.25, 0.3) is 0 Å². The molecule has 2 heteroatoms. The van der Waals surface area contributed by atoms with Crippen molar-refractivity contribution in [1.82, 2.24) is 0 Å². The Kier molecular flexibility index (Phi) is 2.72. The molecular formula is C13H21NO. The molecule has 0 aromatic heterocycles. The standard InChI is InChI=1S/C13H21NO/c1-9-6-10-7-12(13(10,2)3)11(9)4-5-14-8-15/h9-12H,4-7H2,1-3H3. The first-order valence-corrected chi connectivity index (χ1v) is 6.11. The number of hydrogen-bond donors (Lipinski definition) is 0. The fourth-order valence-corrected chi connectivity index (χ4v) is 3.95. The fraction of sp³-hybridized carbons (Fsp3) is 0.923. The quantitative estimate of drug-likeness (QED) is 0.516. The predicted molar refractivity (Wildman–Crippen MR) is 60.3 cm³/mol. The molecule has 3 aliphatic carbocycles. The van der Waals surface area contributed by atoms with Crippen LogP contribution in [0.5, 0.6) is 0 Å². The summed E-state index contributed by atoms with van der Waals surface area (Å²) in [6.45, 7) is 7.86. The zero-order valence-electron chi connectivity index (χ0n) is 9.99. The van der Waals surface area contributed by atoms with Crippen LogP contribution < -0.4 is 0 Å². The molecule has 0 radical (unpaired) electrons. The van der Waals surface area contributed by atoms with E-state index >= 15 is 0 Å². The van der Waals surface area contributed by atoms with E-state index in [0.29, 0.717) is 12.0 Å². The maximum absolute atomic E-state index is 10.1. The minimum atomic E-state index is 0.544. The summed E-state index contributed by atoms with van der Waals surface area (Å²) in [5.41, 5.74) is 0.544. The minimum absolute atomic E-state index is 0.544. The summed E-state index contributed by atoms with van der Waals surface area (Å²) in [4.78, 5) is 13.7. The number of carbonyl (C=O) groups excluding carboxylic acids is 1. The SMILES string of the molecule is CC1CC2CC(C1CCN=C=O)C2(C)C. The van der Waals surface area contributed by atoms with Gasteiger partial charge in [0.25, 0.3) is 0 Å². The highest BCUT2D eigenvalue weighted by atomic mass is 16.1. The summed E-state index contributed by atoms with van der Waals surface area (Å²) < 4.78 is 0. The van der Waals surface area contributed by atoms with Crippen molar-refractivity contribution in [2.24, 2.45) is 34.1 Å². The lowest BCUT2D eigenvalue weighted by atomic mass is 9.43.